The second-order valence-corrected chi connectivity index (χ2v) is 4.34. The first-order chi connectivity index (χ1) is 8.00. The van der Waals surface area contributed by atoms with Crippen LogP contribution in [-0.2, 0) is 11.3 Å². The fraction of sp³-hybridized carbons (Fsp3) is 0.462. The van der Waals surface area contributed by atoms with Crippen molar-refractivity contribution in [3.05, 3.63) is 35.6 Å². The fourth-order valence-corrected chi connectivity index (χ4v) is 1.50. The molecular formula is C13H19FN2O. The van der Waals surface area contributed by atoms with Crippen LogP contribution in [0.5, 0.6) is 0 Å². The van der Waals surface area contributed by atoms with E-state index in [9.17, 15) is 9.18 Å². The molecule has 1 amide bonds. The van der Waals surface area contributed by atoms with Gasteiger partial charge in [0, 0.05) is 32.1 Å². The highest BCUT2D eigenvalue weighted by Crippen LogP contribution is 2.09. The maximum Gasteiger partial charge on any atom is 0.219 e. The summed E-state index contributed by atoms with van der Waals surface area (Å²) < 4.78 is 13.5. The molecule has 0 atom stereocenters. The molecule has 0 heterocycles. The number of carbonyl (C=O) groups excluding carboxylic acids is 1. The third-order valence-electron chi connectivity index (χ3n) is 2.58. The highest BCUT2D eigenvalue weighted by Gasteiger charge is 2.11. The lowest BCUT2D eigenvalue weighted by atomic mass is 10.2. The molecule has 0 fully saturated rings. The van der Waals surface area contributed by atoms with E-state index in [1.807, 2.05) is 19.0 Å². The molecule has 94 valence electrons. The van der Waals surface area contributed by atoms with Crippen LogP contribution < -0.4 is 0 Å². The predicted molar refractivity (Wildman–Crippen MR) is 66.0 cm³/mol. The quantitative estimate of drug-likeness (QED) is 0.780. The average molecular weight is 238 g/mol. The lowest BCUT2D eigenvalue weighted by molar-refractivity contribution is -0.129. The predicted octanol–water partition coefficient (Wildman–Crippen LogP) is 1.74. The van der Waals surface area contributed by atoms with Gasteiger partial charge in [-0.3, -0.25) is 4.79 Å². The maximum absolute atomic E-state index is 13.5. The van der Waals surface area contributed by atoms with Gasteiger partial charge in [0.25, 0.3) is 0 Å². The highest BCUT2D eigenvalue weighted by molar-refractivity contribution is 5.73. The van der Waals surface area contributed by atoms with Gasteiger partial charge in [0.2, 0.25) is 5.91 Å². The lowest BCUT2D eigenvalue weighted by Gasteiger charge is -2.23. The van der Waals surface area contributed by atoms with Crippen LogP contribution in [0.4, 0.5) is 4.39 Å². The molecule has 0 aliphatic carbocycles. The zero-order valence-electron chi connectivity index (χ0n) is 10.6. The molecule has 0 N–H and O–H groups in total. The van der Waals surface area contributed by atoms with Crippen LogP contribution in [0, 0.1) is 5.82 Å². The van der Waals surface area contributed by atoms with Crippen molar-refractivity contribution in [1.82, 2.24) is 9.80 Å². The largest absolute Gasteiger partial charge is 0.337 e. The van der Waals surface area contributed by atoms with Crippen molar-refractivity contribution < 1.29 is 9.18 Å². The standard InChI is InChI=1S/C13H19FN2O/c1-11(17)16(9-8-15(2)3)10-12-6-4-5-7-13(12)14/h4-7H,8-10H2,1-3H3. The van der Waals surface area contributed by atoms with Crippen LogP contribution in [0.1, 0.15) is 12.5 Å². The third-order valence-corrected chi connectivity index (χ3v) is 2.58. The molecule has 1 rings (SSSR count). The van der Waals surface area contributed by atoms with Gasteiger partial charge in [-0.1, -0.05) is 18.2 Å². The summed E-state index contributed by atoms with van der Waals surface area (Å²) in [6.45, 7) is 3.22. The van der Waals surface area contributed by atoms with Gasteiger partial charge in [0.1, 0.15) is 5.82 Å². The first-order valence-corrected chi connectivity index (χ1v) is 5.64. The van der Waals surface area contributed by atoms with E-state index in [0.29, 0.717) is 18.7 Å². The molecule has 3 nitrogen and oxygen atoms in total. The minimum Gasteiger partial charge on any atom is -0.337 e. The van der Waals surface area contributed by atoms with Crippen LogP contribution in [0.15, 0.2) is 24.3 Å². The fourth-order valence-electron chi connectivity index (χ4n) is 1.50. The smallest absolute Gasteiger partial charge is 0.219 e. The Morgan fingerprint density at radius 3 is 2.41 bits per heavy atom. The van der Waals surface area contributed by atoms with Gasteiger partial charge in [0.15, 0.2) is 0 Å². The average Bonchev–Trinajstić information content (AvgIpc) is 2.25. The number of carbonyl (C=O) groups is 1. The summed E-state index contributed by atoms with van der Waals surface area (Å²) >= 11 is 0. The molecule has 0 saturated carbocycles. The number of likely N-dealkylation sites (N-methyl/N-ethyl adjacent to an activating group) is 1. The second-order valence-electron chi connectivity index (χ2n) is 4.34. The van der Waals surface area contributed by atoms with Crippen molar-refractivity contribution in [2.45, 2.75) is 13.5 Å². The van der Waals surface area contributed by atoms with Crippen LogP contribution in [0.3, 0.4) is 0 Å². The summed E-state index contributed by atoms with van der Waals surface area (Å²) in [5, 5.41) is 0. The van der Waals surface area contributed by atoms with Gasteiger partial charge in [0.05, 0.1) is 0 Å². The van der Waals surface area contributed by atoms with E-state index < -0.39 is 0 Å². The van der Waals surface area contributed by atoms with Gasteiger partial charge >= 0.3 is 0 Å². The van der Waals surface area contributed by atoms with E-state index in [4.69, 9.17) is 0 Å². The molecule has 0 radical (unpaired) electrons. The van der Waals surface area contributed by atoms with E-state index in [1.165, 1.54) is 13.0 Å². The number of halogens is 1. The molecule has 1 aromatic rings. The third kappa shape index (κ3) is 4.53. The molecule has 0 aromatic heterocycles. The zero-order valence-corrected chi connectivity index (χ0v) is 10.6. The Bertz CT molecular complexity index is 379. The number of nitrogens with zero attached hydrogens (tertiary/aromatic N) is 2. The molecule has 0 unspecified atom stereocenters. The molecule has 0 aliphatic heterocycles. The number of rotatable bonds is 5. The molecule has 0 aliphatic rings. The second kappa shape index (κ2) is 6.35. The summed E-state index contributed by atoms with van der Waals surface area (Å²) in [6, 6.07) is 6.56. The topological polar surface area (TPSA) is 23.6 Å². The summed E-state index contributed by atoms with van der Waals surface area (Å²) in [5.41, 5.74) is 0.557. The van der Waals surface area contributed by atoms with Crippen molar-refractivity contribution in [3.63, 3.8) is 0 Å². The first kappa shape index (κ1) is 13.6. The van der Waals surface area contributed by atoms with Crippen molar-refractivity contribution in [3.8, 4) is 0 Å². The summed E-state index contributed by atoms with van der Waals surface area (Å²) in [5.74, 6) is -0.293. The number of hydrogen-bond acceptors (Lipinski definition) is 2. The van der Waals surface area contributed by atoms with Crippen LogP contribution in [0.2, 0.25) is 0 Å². The Balaban J connectivity index is 2.67. The molecule has 17 heavy (non-hydrogen) atoms. The van der Waals surface area contributed by atoms with Crippen molar-refractivity contribution in [2.24, 2.45) is 0 Å². The Hall–Kier alpha value is -1.42. The SMILES string of the molecule is CC(=O)N(CCN(C)C)Cc1ccccc1F. The number of amides is 1. The molecule has 0 spiro atoms. The lowest BCUT2D eigenvalue weighted by Crippen LogP contribution is -2.34. The van der Waals surface area contributed by atoms with Gasteiger partial charge in [-0.15, -0.1) is 0 Å². The molecule has 1 aromatic carbocycles. The van der Waals surface area contributed by atoms with E-state index in [-0.39, 0.29) is 11.7 Å². The maximum atomic E-state index is 13.5. The van der Waals surface area contributed by atoms with E-state index >= 15 is 0 Å². The minimum absolute atomic E-state index is 0.0323. The first-order valence-electron chi connectivity index (χ1n) is 5.64. The summed E-state index contributed by atoms with van der Waals surface area (Å²) in [7, 11) is 3.89. The normalized spacial score (nSPS) is 10.6. The van der Waals surface area contributed by atoms with Gasteiger partial charge in [-0.2, -0.15) is 0 Å². The Kier molecular flexibility index (Phi) is 5.10. The van der Waals surface area contributed by atoms with Gasteiger partial charge < -0.3 is 9.80 Å². The monoisotopic (exact) mass is 238 g/mol. The van der Waals surface area contributed by atoms with Crippen molar-refractivity contribution >= 4 is 5.91 Å². The van der Waals surface area contributed by atoms with E-state index in [2.05, 4.69) is 0 Å². The minimum atomic E-state index is -0.261. The molecule has 4 heteroatoms. The van der Waals surface area contributed by atoms with Crippen molar-refractivity contribution in [2.75, 3.05) is 27.2 Å². The molecular weight excluding hydrogens is 219 g/mol. The van der Waals surface area contributed by atoms with Gasteiger partial charge in [-0.25, -0.2) is 4.39 Å². The Morgan fingerprint density at radius 1 is 1.24 bits per heavy atom. The summed E-state index contributed by atoms with van der Waals surface area (Å²) in [6.07, 6.45) is 0. The Morgan fingerprint density at radius 2 is 1.88 bits per heavy atom. The highest BCUT2D eigenvalue weighted by atomic mass is 19.1. The van der Waals surface area contributed by atoms with E-state index in [0.717, 1.165) is 6.54 Å². The van der Waals surface area contributed by atoms with Crippen LogP contribution in [0.25, 0.3) is 0 Å². The van der Waals surface area contributed by atoms with Crippen LogP contribution >= 0.6 is 0 Å². The molecule has 0 bridgehead atoms. The number of benzene rings is 1. The summed E-state index contributed by atoms with van der Waals surface area (Å²) in [4.78, 5) is 15.1. The Labute approximate surface area is 102 Å². The molecule has 0 saturated heterocycles. The van der Waals surface area contributed by atoms with Crippen LogP contribution in [-0.4, -0.2) is 42.9 Å². The van der Waals surface area contributed by atoms with Crippen molar-refractivity contribution in [1.29, 1.82) is 0 Å². The number of hydrogen-bond donors (Lipinski definition) is 0. The van der Waals surface area contributed by atoms with Gasteiger partial charge in [-0.05, 0) is 20.2 Å². The zero-order chi connectivity index (χ0) is 12.8. The van der Waals surface area contributed by atoms with E-state index in [1.54, 1.807) is 23.1 Å².